The molecule has 8 heteroatoms. The van der Waals surface area contributed by atoms with Gasteiger partial charge >= 0.3 is 6.03 Å². The first-order valence-corrected chi connectivity index (χ1v) is 8.72. The van der Waals surface area contributed by atoms with Crippen LogP contribution in [0.1, 0.15) is 13.3 Å². The number of carbonyl (C=O) groups is 1. The molecule has 1 fully saturated rings. The molecule has 1 aromatic heterocycles. The van der Waals surface area contributed by atoms with Crippen LogP contribution in [-0.2, 0) is 0 Å². The molecule has 1 aliphatic rings. The molecular weight excluding hydrogens is 322 g/mol. The maximum Gasteiger partial charge on any atom is 0.321 e. The Balaban J connectivity index is 1.85. The third-order valence-corrected chi connectivity index (χ3v) is 4.38. The lowest BCUT2D eigenvalue weighted by atomic mass is 10.4. The molecule has 2 rings (SSSR count). The van der Waals surface area contributed by atoms with Gasteiger partial charge in [0, 0.05) is 26.2 Å². The normalized spacial score (nSPS) is 16.4. The predicted molar refractivity (Wildman–Crippen MR) is 88.3 cm³/mol. The van der Waals surface area contributed by atoms with Crippen LogP contribution >= 0.6 is 11.8 Å². The lowest BCUT2D eigenvalue weighted by Crippen LogP contribution is -2.38. The fourth-order valence-electron chi connectivity index (χ4n) is 2.44. The van der Waals surface area contributed by atoms with Crippen molar-refractivity contribution in [3.8, 4) is 0 Å². The minimum absolute atomic E-state index is 0.207. The predicted octanol–water partition coefficient (Wildman–Crippen LogP) is 3.00. The Labute approximate surface area is 139 Å². The summed E-state index contributed by atoms with van der Waals surface area (Å²) in [6, 6.07) is 3.49. The molecule has 0 atom stereocenters. The number of halogens is 2. The maximum atomic E-state index is 12.4. The Morgan fingerprint density at radius 3 is 2.83 bits per heavy atom. The molecule has 23 heavy (non-hydrogen) atoms. The first kappa shape index (κ1) is 17.9. The van der Waals surface area contributed by atoms with E-state index in [1.165, 1.54) is 0 Å². The molecular formula is C15H22F2N4OS. The van der Waals surface area contributed by atoms with Crippen molar-refractivity contribution >= 4 is 23.5 Å². The molecule has 1 aliphatic heterocycles. The quantitative estimate of drug-likeness (QED) is 0.834. The molecule has 2 heterocycles. The molecule has 0 spiro atoms. The van der Waals surface area contributed by atoms with Crippen molar-refractivity contribution in [1.82, 2.24) is 14.8 Å². The Kier molecular flexibility index (Phi) is 7.04. The highest BCUT2D eigenvalue weighted by Crippen LogP contribution is 2.17. The topological polar surface area (TPSA) is 48.5 Å². The van der Waals surface area contributed by atoms with Crippen LogP contribution in [0.2, 0.25) is 0 Å². The number of hydrogen-bond donors (Lipinski definition) is 1. The van der Waals surface area contributed by atoms with Crippen LogP contribution < -0.4 is 5.32 Å². The van der Waals surface area contributed by atoms with Gasteiger partial charge in [-0.05, 0) is 24.3 Å². The van der Waals surface area contributed by atoms with Gasteiger partial charge in [0.25, 0.3) is 6.43 Å². The standard InChI is InChI=1S/C15H22F2N4OS/c1-2-23-14-5-4-12(10-18-14)19-15(22)21-7-3-6-20(8-9-21)11-13(16)17/h4-5,10,13H,2-3,6-9,11H2,1H3,(H,19,22). The summed E-state index contributed by atoms with van der Waals surface area (Å²) in [4.78, 5) is 19.9. The third kappa shape index (κ3) is 5.95. The van der Waals surface area contributed by atoms with E-state index in [0.717, 1.165) is 10.8 Å². The smallest absolute Gasteiger partial charge is 0.321 e. The lowest BCUT2D eigenvalue weighted by Gasteiger charge is -2.22. The first-order chi connectivity index (χ1) is 11.1. The zero-order valence-electron chi connectivity index (χ0n) is 13.2. The molecule has 0 aliphatic carbocycles. The first-order valence-electron chi connectivity index (χ1n) is 7.73. The van der Waals surface area contributed by atoms with Crippen molar-refractivity contribution < 1.29 is 13.6 Å². The van der Waals surface area contributed by atoms with Crippen molar-refractivity contribution in [2.45, 2.75) is 24.8 Å². The van der Waals surface area contributed by atoms with Crippen molar-refractivity contribution in [1.29, 1.82) is 0 Å². The number of amides is 2. The van der Waals surface area contributed by atoms with Crippen molar-refractivity contribution in [2.24, 2.45) is 0 Å². The van der Waals surface area contributed by atoms with Crippen LogP contribution in [0.5, 0.6) is 0 Å². The number of anilines is 1. The molecule has 0 bridgehead atoms. The summed E-state index contributed by atoms with van der Waals surface area (Å²) in [5, 5.41) is 3.73. The molecule has 1 aromatic rings. The maximum absolute atomic E-state index is 12.4. The molecule has 0 unspecified atom stereocenters. The SMILES string of the molecule is CCSc1ccc(NC(=O)N2CCCN(CC(F)F)CC2)cn1. The van der Waals surface area contributed by atoms with Gasteiger partial charge in [-0.3, -0.25) is 4.90 Å². The fraction of sp³-hybridized carbons (Fsp3) is 0.600. The average Bonchev–Trinajstić information content (AvgIpc) is 2.74. The minimum Gasteiger partial charge on any atom is -0.323 e. The second-order valence-corrected chi connectivity index (χ2v) is 6.56. The van der Waals surface area contributed by atoms with Gasteiger partial charge in [0.15, 0.2) is 0 Å². The number of thioether (sulfide) groups is 1. The van der Waals surface area contributed by atoms with Gasteiger partial charge in [-0.2, -0.15) is 0 Å². The van der Waals surface area contributed by atoms with Crippen LogP contribution in [0.3, 0.4) is 0 Å². The Bertz CT molecular complexity index is 501. The second kappa shape index (κ2) is 9.02. The van der Waals surface area contributed by atoms with E-state index in [4.69, 9.17) is 0 Å². The van der Waals surface area contributed by atoms with Gasteiger partial charge in [0.2, 0.25) is 0 Å². The van der Waals surface area contributed by atoms with Crippen LogP contribution in [0, 0.1) is 0 Å². The number of urea groups is 1. The Morgan fingerprint density at radius 2 is 2.17 bits per heavy atom. The summed E-state index contributed by atoms with van der Waals surface area (Å²) < 4.78 is 24.9. The van der Waals surface area contributed by atoms with Crippen LogP contribution in [0.4, 0.5) is 19.3 Å². The number of pyridine rings is 1. The Morgan fingerprint density at radius 1 is 1.35 bits per heavy atom. The van der Waals surface area contributed by atoms with Gasteiger partial charge < -0.3 is 10.2 Å². The van der Waals surface area contributed by atoms with E-state index in [0.29, 0.717) is 38.3 Å². The summed E-state index contributed by atoms with van der Waals surface area (Å²) in [6.45, 7) is 3.92. The highest BCUT2D eigenvalue weighted by Gasteiger charge is 2.20. The lowest BCUT2D eigenvalue weighted by molar-refractivity contribution is 0.0905. The second-order valence-electron chi connectivity index (χ2n) is 5.28. The molecule has 1 N–H and O–H groups in total. The van der Waals surface area contributed by atoms with E-state index in [1.807, 2.05) is 12.1 Å². The van der Waals surface area contributed by atoms with Crippen molar-refractivity contribution in [3.05, 3.63) is 18.3 Å². The Hall–Kier alpha value is -1.41. The molecule has 0 saturated carbocycles. The number of nitrogens with zero attached hydrogens (tertiary/aromatic N) is 3. The molecule has 128 valence electrons. The average molecular weight is 344 g/mol. The summed E-state index contributed by atoms with van der Waals surface area (Å²) in [5.74, 6) is 0.946. The molecule has 2 amide bonds. The largest absolute Gasteiger partial charge is 0.323 e. The molecule has 5 nitrogen and oxygen atoms in total. The summed E-state index contributed by atoms with van der Waals surface area (Å²) in [6.07, 6.45) is 0.00216. The van der Waals surface area contributed by atoms with Gasteiger partial charge in [-0.25, -0.2) is 18.6 Å². The van der Waals surface area contributed by atoms with Gasteiger partial charge in [-0.1, -0.05) is 6.92 Å². The number of nitrogens with one attached hydrogen (secondary N) is 1. The van der Waals surface area contributed by atoms with Gasteiger partial charge in [0.1, 0.15) is 0 Å². The van der Waals surface area contributed by atoms with E-state index in [1.54, 1.807) is 27.8 Å². The molecule has 0 radical (unpaired) electrons. The zero-order valence-corrected chi connectivity index (χ0v) is 14.0. The zero-order chi connectivity index (χ0) is 16.7. The van der Waals surface area contributed by atoms with Gasteiger partial charge in [0.05, 0.1) is 23.5 Å². The number of rotatable bonds is 5. The number of aromatic nitrogens is 1. The highest BCUT2D eigenvalue weighted by molar-refractivity contribution is 7.99. The van der Waals surface area contributed by atoms with Crippen LogP contribution in [0.15, 0.2) is 23.4 Å². The minimum atomic E-state index is -2.33. The third-order valence-electron chi connectivity index (χ3n) is 3.55. The van der Waals surface area contributed by atoms with E-state index < -0.39 is 6.43 Å². The van der Waals surface area contributed by atoms with E-state index in [2.05, 4.69) is 17.2 Å². The van der Waals surface area contributed by atoms with Crippen LogP contribution in [0.25, 0.3) is 0 Å². The van der Waals surface area contributed by atoms with E-state index >= 15 is 0 Å². The summed E-state index contributed by atoms with van der Waals surface area (Å²) in [5.41, 5.74) is 0.643. The molecule has 1 saturated heterocycles. The number of carbonyl (C=O) groups excluding carboxylic acids is 1. The highest BCUT2D eigenvalue weighted by atomic mass is 32.2. The molecule has 0 aromatic carbocycles. The van der Waals surface area contributed by atoms with Crippen molar-refractivity contribution in [2.75, 3.05) is 43.8 Å². The van der Waals surface area contributed by atoms with E-state index in [-0.39, 0.29) is 12.6 Å². The number of alkyl halides is 2. The summed E-state index contributed by atoms with van der Waals surface area (Å²) in [7, 11) is 0. The van der Waals surface area contributed by atoms with E-state index in [9.17, 15) is 13.6 Å². The van der Waals surface area contributed by atoms with Crippen LogP contribution in [-0.4, -0.2) is 65.7 Å². The monoisotopic (exact) mass is 344 g/mol. The van der Waals surface area contributed by atoms with Gasteiger partial charge in [-0.15, -0.1) is 11.8 Å². The summed E-state index contributed by atoms with van der Waals surface area (Å²) >= 11 is 1.64. The number of hydrogen-bond acceptors (Lipinski definition) is 4. The fourth-order valence-corrected chi connectivity index (χ4v) is 3.03. The van der Waals surface area contributed by atoms with Crippen molar-refractivity contribution in [3.63, 3.8) is 0 Å².